The van der Waals surface area contributed by atoms with Gasteiger partial charge in [-0.15, -0.1) is 0 Å². The molecule has 4 nitrogen and oxygen atoms in total. The van der Waals surface area contributed by atoms with E-state index in [0.29, 0.717) is 13.1 Å². The molecule has 1 atom stereocenters. The van der Waals surface area contributed by atoms with Crippen molar-refractivity contribution in [3.8, 4) is 0 Å². The van der Waals surface area contributed by atoms with E-state index in [1.807, 2.05) is 18.2 Å². The second-order valence-corrected chi connectivity index (χ2v) is 6.77. The highest BCUT2D eigenvalue weighted by Gasteiger charge is 2.28. The van der Waals surface area contributed by atoms with Crippen molar-refractivity contribution in [3.05, 3.63) is 35.9 Å². The van der Waals surface area contributed by atoms with Gasteiger partial charge in [-0.2, -0.15) is 0 Å². The Balaban J connectivity index is 1.91. The molecule has 1 aromatic rings. The third-order valence-electron chi connectivity index (χ3n) is 4.50. The van der Waals surface area contributed by atoms with Gasteiger partial charge in [0.1, 0.15) is 0 Å². The van der Waals surface area contributed by atoms with Gasteiger partial charge in [-0.1, -0.05) is 44.2 Å². The lowest BCUT2D eigenvalue weighted by molar-refractivity contribution is -0.134. The van der Waals surface area contributed by atoms with E-state index in [4.69, 9.17) is 0 Å². The third-order valence-corrected chi connectivity index (χ3v) is 4.50. The molecule has 0 radical (unpaired) electrons. The van der Waals surface area contributed by atoms with Gasteiger partial charge in [-0.25, -0.2) is 0 Å². The standard InChI is InChI=1S/C18H26N2O2/c1-14(21)20-11-7-8-15(12-20)17(22)19-13-18(2,3)16-9-5-4-6-10-16/h4-6,9-10,15H,7-8,11-13H2,1-3H3,(H,19,22)/t15-/m1/s1. The molecule has 0 unspecified atom stereocenters. The number of benzene rings is 1. The first kappa shape index (κ1) is 16.5. The van der Waals surface area contributed by atoms with Crippen LogP contribution in [0.2, 0.25) is 0 Å². The molecule has 120 valence electrons. The van der Waals surface area contributed by atoms with Gasteiger partial charge >= 0.3 is 0 Å². The zero-order valence-electron chi connectivity index (χ0n) is 13.8. The first-order valence-corrected chi connectivity index (χ1v) is 7.99. The zero-order valence-corrected chi connectivity index (χ0v) is 13.8. The monoisotopic (exact) mass is 302 g/mol. The Morgan fingerprint density at radius 2 is 1.95 bits per heavy atom. The second-order valence-electron chi connectivity index (χ2n) is 6.77. The average Bonchev–Trinajstić information content (AvgIpc) is 2.53. The van der Waals surface area contributed by atoms with Crippen LogP contribution in [0, 0.1) is 5.92 Å². The normalized spacial score (nSPS) is 18.9. The molecule has 1 aliphatic rings. The lowest BCUT2D eigenvalue weighted by atomic mass is 9.84. The molecule has 1 N–H and O–H groups in total. The maximum atomic E-state index is 12.4. The van der Waals surface area contributed by atoms with E-state index in [0.717, 1.165) is 19.4 Å². The van der Waals surface area contributed by atoms with Crippen molar-refractivity contribution >= 4 is 11.8 Å². The summed E-state index contributed by atoms with van der Waals surface area (Å²) < 4.78 is 0. The number of rotatable bonds is 4. The van der Waals surface area contributed by atoms with E-state index in [-0.39, 0.29) is 23.1 Å². The summed E-state index contributed by atoms with van der Waals surface area (Å²) in [7, 11) is 0. The molecular formula is C18H26N2O2. The molecule has 0 spiro atoms. The van der Waals surface area contributed by atoms with Crippen LogP contribution in [0.15, 0.2) is 30.3 Å². The van der Waals surface area contributed by atoms with E-state index in [9.17, 15) is 9.59 Å². The zero-order chi connectivity index (χ0) is 16.2. The predicted molar refractivity (Wildman–Crippen MR) is 87.5 cm³/mol. The molecular weight excluding hydrogens is 276 g/mol. The molecule has 1 saturated heterocycles. The van der Waals surface area contributed by atoms with Crippen LogP contribution in [0.4, 0.5) is 0 Å². The van der Waals surface area contributed by atoms with Crippen molar-refractivity contribution in [2.24, 2.45) is 5.92 Å². The van der Waals surface area contributed by atoms with Crippen molar-refractivity contribution in [1.29, 1.82) is 0 Å². The van der Waals surface area contributed by atoms with Crippen LogP contribution in [0.1, 0.15) is 39.2 Å². The smallest absolute Gasteiger partial charge is 0.224 e. The van der Waals surface area contributed by atoms with Crippen LogP contribution in [0.3, 0.4) is 0 Å². The molecule has 0 aromatic heterocycles. The topological polar surface area (TPSA) is 49.4 Å². The summed E-state index contributed by atoms with van der Waals surface area (Å²) >= 11 is 0. The Hall–Kier alpha value is -1.84. The maximum Gasteiger partial charge on any atom is 0.224 e. The highest BCUT2D eigenvalue weighted by atomic mass is 16.2. The van der Waals surface area contributed by atoms with Crippen molar-refractivity contribution in [2.45, 2.75) is 39.0 Å². The predicted octanol–water partition coefficient (Wildman–Crippen LogP) is 2.34. The minimum atomic E-state index is -0.105. The van der Waals surface area contributed by atoms with Gasteiger partial charge in [0.25, 0.3) is 0 Å². The van der Waals surface area contributed by atoms with Crippen molar-refractivity contribution in [2.75, 3.05) is 19.6 Å². The van der Waals surface area contributed by atoms with Gasteiger partial charge in [-0.3, -0.25) is 9.59 Å². The largest absolute Gasteiger partial charge is 0.355 e. The number of amides is 2. The first-order chi connectivity index (χ1) is 10.4. The summed E-state index contributed by atoms with van der Waals surface area (Å²) in [5.41, 5.74) is 1.11. The fourth-order valence-electron chi connectivity index (χ4n) is 2.92. The van der Waals surface area contributed by atoms with E-state index in [1.54, 1.807) is 11.8 Å². The number of nitrogens with zero attached hydrogens (tertiary/aromatic N) is 1. The first-order valence-electron chi connectivity index (χ1n) is 7.99. The fourth-order valence-corrected chi connectivity index (χ4v) is 2.92. The van der Waals surface area contributed by atoms with Gasteiger partial charge < -0.3 is 10.2 Å². The third kappa shape index (κ3) is 4.09. The van der Waals surface area contributed by atoms with Crippen LogP contribution in [-0.2, 0) is 15.0 Å². The highest BCUT2D eigenvalue weighted by molar-refractivity contribution is 5.80. The van der Waals surface area contributed by atoms with Crippen LogP contribution < -0.4 is 5.32 Å². The molecule has 0 saturated carbocycles. The quantitative estimate of drug-likeness (QED) is 0.928. The molecule has 2 amide bonds. The Bertz CT molecular complexity index is 525. The SMILES string of the molecule is CC(=O)N1CCC[C@@H](C(=O)NCC(C)(C)c2ccccc2)C1. The summed E-state index contributed by atoms with van der Waals surface area (Å²) in [6.07, 6.45) is 1.77. The van der Waals surface area contributed by atoms with E-state index < -0.39 is 0 Å². The van der Waals surface area contributed by atoms with Crippen LogP contribution in [0.25, 0.3) is 0 Å². The van der Waals surface area contributed by atoms with E-state index in [2.05, 4.69) is 31.3 Å². The molecule has 1 aromatic carbocycles. The van der Waals surface area contributed by atoms with E-state index in [1.165, 1.54) is 5.56 Å². The summed E-state index contributed by atoms with van der Waals surface area (Å²) in [5.74, 6) is 0.0429. The maximum absolute atomic E-state index is 12.4. The number of hydrogen-bond acceptors (Lipinski definition) is 2. The Kier molecular flexibility index (Phi) is 5.22. The number of carbonyl (C=O) groups is 2. The Labute approximate surface area is 132 Å². The van der Waals surface area contributed by atoms with Gasteiger partial charge in [0, 0.05) is 32.0 Å². The number of carbonyl (C=O) groups excluding carboxylic acids is 2. The molecule has 0 bridgehead atoms. The van der Waals surface area contributed by atoms with Gasteiger partial charge in [0.2, 0.25) is 11.8 Å². The summed E-state index contributed by atoms with van der Waals surface area (Å²) in [4.78, 5) is 25.6. The van der Waals surface area contributed by atoms with Crippen LogP contribution in [-0.4, -0.2) is 36.3 Å². The molecule has 1 aliphatic heterocycles. The average molecular weight is 302 g/mol. The lowest BCUT2D eigenvalue weighted by Crippen LogP contribution is -2.46. The second kappa shape index (κ2) is 6.95. The Morgan fingerprint density at radius 3 is 2.59 bits per heavy atom. The fraction of sp³-hybridized carbons (Fsp3) is 0.556. The minimum absolute atomic E-state index is 0.0575. The Morgan fingerprint density at radius 1 is 1.27 bits per heavy atom. The minimum Gasteiger partial charge on any atom is -0.355 e. The molecule has 22 heavy (non-hydrogen) atoms. The number of nitrogens with one attached hydrogen (secondary N) is 1. The number of hydrogen-bond donors (Lipinski definition) is 1. The van der Waals surface area contributed by atoms with Crippen molar-refractivity contribution in [3.63, 3.8) is 0 Å². The molecule has 4 heteroatoms. The van der Waals surface area contributed by atoms with Gasteiger partial charge in [0.15, 0.2) is 0 Å². The molecule has 0 aliphatic carbocycles. The lowest BCUT2D eigenvalue weighted by Gasteiger charge is -2.32. The summed E-state index contributed by atoms with van der Waals surface area (Å²) in [6.45, 7) is 7.75. The highest BCUT2D eigenvalue weighted by Crippen LogP contribution is 2.22. The van der Waals surface area contributed by atoms with Crippen LogP contribution in [0.5, 0.6) is 0 Å². The van der Waals surface area contributed by atoms with Gasteiger partial charge in [-0.05, 0) is 18.4 Å². The van der Waals surface area contributed by atoms with Gasteiger partial charge in [0.05, 0.1) is 5.92 Å². The number of likely N-dealkylation sites (tertiary alicyclic amines) is 1. The van der Waals surface area contributed by atoms with Crippen LogP contribution >= 0.6 is 0 Å². The van der Waals surface area contributed by atoms with E-state index >= 15 is 0 Å². The molecule has 2 rings (SSSR count). The molecule has 1 fully saturated rings. The van der Waals surface area contributed by atoms with Crippen molar-refractivity contribution < 1.29 is 9.59 Å². The number of piperidine rings is 1. The summed E-state index contributed by atoms with van der Waals surface area (Å²) in [6, 6.07) is 10.2. The summed E-state index contributed by atoms with van der Waals surface area (Å²) in [5, 5.41) is 3.07. The molecule has 1 heterocycles. The van der Waals surface area contributed by atoms with Crippen molar-refractivity contribution in [1.82, 2.24) is 10.2 Å².